The first-order chi connectivity index (χ1) is 2.00. The summed E-state index contributed by atoms with van der Waals surface area (Å²) < 4.78 is 8.33. The fraction of sp³-hybridized carbons (Fsp3) is 0.500. The van der Waals surface area contributed by atoms with Crippen LogP contribution in [0.2, 0.25) is 0 Å². The van der Waals surface area contributed by atoms with Gasteiger partial charge < -0.3 is 7.43 Å². The van der Waals surface area contributed by atoms with Gasteiger partial charge in [0.15, 0.2) is 0 Å². The summed E-state index contributed by atoms with van der Waals surface area (Å²) in [6.07, 6.45) is 0. The molecule has 0 rings (SSSR count). The van der Waals surface area contributed by atoms with Crippen molar-refractivity contribution in [2.75, 3.05) is 0 Å². The first-order valence-corrected chi connectivity index (χ1v) is 1.53. The third-order valence-electron chi connectivity index (χ3n) is 0. The van der Waals surface area contributed by atoms with E-state index in [1.807, 2.05) is 0 Å². The van der Waals surface area contributed by atoms with Gasteiger partial charge in [-0.05, 0) is 0 Å². The van der Waals surface area contributed by atoms with Gasteiger partial charge in [0.25, 0.3) is 0 Å². The fourth-order valence-corrected chi connectivity index (χ4v) is 0. The van der Waals surface area contributed by atoms with Crippen LogP contribution in [0.15, 0.2) is 0 Å². The predicted molar refractivity (Wildman–Crippen MR) is 20.6 cm³/mol. The molecule has 0 saturated carbocycles. The van der Waals surface area contributed by atoms with Crippen molar-refractivity contribution < 1.29 is 23.2 Å². The van der Waals surface area contributed by atoms with Gasteiger partial charge in [-0.25, -0.2) is 0 Å². The van der Waals surface area contributed by atoms with E-state index in [0.29, 0.717) is 19.8 Å². The molecular weight excluding hydrogens is 256 g/mol. The molecule has 0 N–H and O–H groups in total. The molecule has 0 aliphatic carbocycles. The van der Waals surface area contributed by atoms with Crippen LogP contribution in [0.25, 0.3) is 0 Å². The van der Waals surface area contributed by atoms with Crippen molar-refractivity contribution in [3.63, 3.8) is 0 Å². The molecular formula is C2H7O3W-. The van der Waals surface area contributed by atoms with Gasteiger partial charge in [-0.2, -0.15) is 0 Å². The average Bonchev–Trinajstić information content (AvgIpc) is 1.50. The zero-order valence-corrected chi connectivity index (χ0v) is 5.57. The molecule has 40 valence electrons. The van der Waals surface area contributed by atoms with E-state index >= 15 is 0 Å². The van der Waals surface area contributed by atoms with Gasteiger partial charge in [0.1, 0.15) is 0 Å². The van der Waals surface area contributed by atoms with Gasteiger partial charge in [-0.15, -0.1) is 0 Å². The summed E-state index contributed by atoms with van der Waals surface area (Å²) in [5, 5.41) is 0. The fourth-order valence-electron chi connectivity index (χ4n) is 0. The molecule has 3 nitrogen and oxygen atoms in total. The Morgan fingerprint density at radius 1 is 1.00 bits per heavy atom. The Hall–Kier alpha value is 0.0883. The van der Waals surface area contributed by atoms with E-state index in [-0.39, 0.29) is 14.9 Å². The summed E-state index contributed by atoms with van der Waals surface area (Å²) in [4.78, 5) is 14.0. The maximum atomic E-state index is 8.33. The normalized spacial score (nSPS) is 1.33. The van der Waals surface area contributed by atoms with Crippen LogP contribution in [0.4, 0.5) is 0 Å². The van der Waals surface area contributed by atoms with Gasteiger partial charge in [-0.1, -0.05) is 7.43 Å². The van der Waals surface area contributed by atoms with Crippen LogP contribution in [0.1, 0.15) is 7.43 Å². The van der Waals surface area contributed by atoms with Gasteiger partial charge in [-0.3, -0.25) is 0 Å². The summed E-state index contributed by atoms with van der Waals surface area (Å²) in [5.74, 6) is 0. The monoisotopic (exact) mass is 263 g/mol. The third kappa shape index (κ3) is 5000. The van der Waals surface area contributed by atoms with Crippen LogP contribution < -0.4 is 0 Å². The van der Waals surface area contributed by atoms with E-state index in [1.54, 1.807) is 0 Å². The average molecular weight is 263 g/mol. The summed E-state index contributed by atoms with van der Waals surface area (Å²) in [6.45, 7) is 0. The van der Waals surface area contributed by atoms with Crippen LogP contribution in [0, 0.1) is 17.4 Å². The number of hydrogen-bond acceptors (Lipinski definition) is 3. The molecule has 0 bridgehead atoms. The Balaban J connectivity index is -0.00000000500. The predicted octanol–water partition coefficient (Wildman–Crippen LogP) is 1.03. The topological polar surface area (TPSA) is 51.2 Å². The first-order valence-electron chi connectivity index (χ1n) is 0.333. The van der Waals surface area contributed by atoms with E-state index in [2.05, 4.69) is 0 Å². The van der Waals surface area contributed by atoms with Crippen molar-refractivity contribution in [2.24, 2.45) is 0 Å². The molecule has 0 radical (unpaired) electrons. The van der Waals surface area contributed by atoms with Gasteiger partial charge in [0.05, 0.1) is 0 Å². The molecule has 6 heavy (non-hydrogen) atoms. The molecule has 4 heteroatoms. The Kier molecular flexibility index (Phi) is 65700. The summed E-state index contributed by atoms with van der Waals surface area (Å²) in [5.41, 5.74) is 0. The minimum absolute atomic E-state index is 0. The Morgan fingerprint density at radius 3 is 1.00 bits per heavy atom. The van der Waals surface area contributed by atoms with Crippen molar-refractivity contribution in [1.29, 1.82) is 0 Å². The molecule has 0 heterocycles. The molecule has 0 aromatic rings. The van der Waals surface area contributed by atoms with E-state index in [1.165, 1.54) is 0 Å². The number of hydrogen-bond donors (Lipinski definition) is 0. The molecule has 0 saturated heterocycles. The SMILES string of the molecule is C.O=O.[CH3-].[O]=[W]. The summed E-state index contributed by atoms with van der Waals surface area (Å²) in [6, 6.07) is 0. The second-order valence-corrected chi connectivity index (χ2v) is 0. The Labute approximate surface area is 48.6 Å². The molecule has 0 amide bonds. The van der Waals surface area contributed by atoms with E-state index in [0.717, 1.165) is 0 Å². The Morgan fingerprint density at radius 2 is 1.00 bits per heavy atom. The summed E-state index contributed by atoms with van der Waals surface area (Å²) in [7, 11) is 0. The van der Waals surface area contributed by atoms with Crippen LogP contribution in [0.5, 0.6) is 0 Å². The quantitative estimate of drug-likeness (QED) is 0.613. The van der Waals surface area contributed by atoms with Crippen molar-refractivity contribution in [1.82, 2.24) is 0 Å². The van der Waals surface area contributed by atoms with Crippen molar-refractivity contribution in [3.8, 4) is 0 Å². The summed E-state index contributed by atoms with van der Waals surface area (Å²) >= 11 is 0.333. The molecule has 0 aromatic carbocycles. The van der Waals surface area contributed by atoms with E-state index in [4.69, 9.17) is 13.3 Å². The van der Waals surface area contributed by atoms with Crippen molar-refractivity contribution >= 4 is 0 Å². The van der Waals surface area contributed by atoms with Gasteiger partial charge >= 0.3 is 23.2 Å². The van der Waals surface area contributed by atoms with Crippen LogP contribution in [-0.2, 0) is 23.2 Å². The van der Waals surface area contributed by atoms with Crippen molar-refractivity contribution in [3.05, 3.63) is 17.4 Å². The zero-order valence-electron chi connectivity index (χ0n) is 2.63. The van der Waals surface area contributed by atoms with Crippen molar-refractivity contribution in [2.45, 2.75) is 7.43 Å². The van der Waals surface area contributed by atoms with Gasteiger partial charge in [0.2, 0.25) is 0 Å². The second-order valence-electron chi connectivity index (χ2n) is 0. The standard InChI is InChI=1S/CH4.CH3.O2.O.W/c;;1-2;;/h1H4;1H3;;;/q;-1;;;. The molecule has 0 atom stereocenters. The zero-order chi connectivity index (χ0) is 4.00. The van der Waals surface area contributed by atoms with Gasteiger partial charge in [0, 0.05) is 9.93 Å². The van der Waals surface area contributed by atoms with Crippen LogP contribution >= 0.6 is 0 Å². The molecule has 0 aromatic heterocycles. The third-order valence-corrected chi connectivity index (χ3v) is 0. The molecule has 0 fully saturated rings. The van der Waals surface area contributed by atoms with E-state index < -0.39 is 0 Å². The first kappa shape index (κ1) is 36.1. The Bertz CT molecular complexity index is 10.8. The molecule has 0 aliphatic rings. The number of rotatable bonds is 0. The van der Waals surface area contributed by atoms with E-state index in [9.17, 15) is 0 Å². The minimum atomic E-state index is 0. The van der Waals surface area contributed by atoms with Crippen LogP contribution in [0.3, 0.4) is 0 Å². The maximum absolute atomic E-state index is 8.33. The second kappa shape index (κ2) is 10900. The molecule has 0 aliphatic heterocycles. The molecule has 0 spiro atoms. The molecule has 0 unspecified atom stereocenters. The van der Waals surface area contributed by atoms with Crippen LogP contribution in [-0.4, -0.2) is 0 Å².